The summed E-state index contributed by atoms with van der Waals surface area (Å²) in [6.07, 6.45) is 11.0. The Bertz CT molecular complexity index is 548. The first-order chi connectivity index (χ1) is 10.3. The van der Waals surface area contributed by atoms with Gasteiger partial charge in [-0.2, -0.15) is 0 Å². The van der Waals surface area contributed by atoms with Gasteiger partial charge in [-0.3, -0.25) is 0 Å². The SMILES string of the molecule is CC(C)C1=CC2=CC[C@@H]3[C@](C)(CCC[C@@]3(C)C(=O)[O-])[C@H]2CC1.[Sr+2]. The van der Waals surface area contributed by atoms with Crippen molar-refractivity contribution >= 4 is 51.5 Å². The van der Waals surface area contributed by atoms with E-state index in [1.165, 1.54) is 18.4 Å². The van der Waals surface area contributed by atoms with Crippen molar-refractivity contribution in [2.24, 2.45) is 28.6 Å². The molecule has 3 aliphatic rings. The van der Waals surface area contributed by atoms with Crippen LogP contribution in [0.15, 0.2) is 23.3 Å². The zero-order valence-corrected chi connectivity index (χ0v) is 18.6. The quantitative estimate of drug-likeness (QED) is 0.679. The number of hydrogen-bond acceptors (Lipinski definition) is 2. The minimum atomic E-state index is -0.838. The molecule has 1 fully saturated rings. The topological polar surface area (TPSA) is 40.1 Å². The van der Waals surface area contributed by atoms with Crippen molar-refractivity contribution in [2.45, 2.75) is 66.2 Å². The van der Waals surface area contributed by atoms with Gasteiger partial charge in [0.25, 0.3) is 0 Å². The molecule has 1 saturated carbocycles. The van der Waals surface area contributed by atoms with Crippen molar-refractivity contribution in [1.82, 2.24) is 0 Å². The van der Waals surface area contributed by atoms with Crippen LogP contribution in [-0.4, -0.2) is 51.5 Å². The third kappa shape index (κ3) is 3.16. The van der Waals surface area contributed by atoms with Crippen molar-refractivity contribution in [3.05, 3.63) is 23.3 Å². The van der Waals surface area contributed by atoms with Gasteiger partial charge in [-0.25, -0.2) is 0 Å². The molecule has 0 bridgehead atoms. The van der Waals surface area contributed by atoms with Crippen molar-refractivity contribution in [2.75, 3.05) is 0 Å². The number of rotatable bonds is 2. The van der Waals surface area contributed by atoms with Crippen LogP contribution in [0.1, 0.15) is 66.2 Å². The van der Waals surface area contributed by atoms with E-state index in [1.54, 1.807) is 5.57 Å². The summed E-state index contributed by atoms with van der Waals surface area (Å²) in [5, 5.41) is 11.8. The molecular formula is C20H29O2Sr+. The number of carbonyl (C=O) groups excluding carboxylic acids is 1. The van der Waals surface area contributed by atoms with Gasteiger partial charge in [0, 0.05) is 11.4 Å². The van der Waals surface area contributed by atoms with Crippen LogP contribution in [0.25, 0.3) is 0 Å². The molecule has 0 N–H and O–H groups in total. The summed E-state index contributed by atoms with van der Waals surface area (Å²) in [5.74, 6) is 0.538. The second kappa shape index (κ2) is 6.98. The summed E-state index contributed by atoms with van der Waals surface area (Å²) in [4.78, 5) is 11.8. The van der Waals surface area contributed by atoms with Crippen molar-refractivity contribution in [3.8, 4) is 0 Å². The monoisotopic (exact) mass is 389 g/mol. The van der Waals surface area contributed by atoms with E-state index in [0.717, 1.165) is 25.7 Å². The van der Waals surface area contributed by atoms with E-state index in [-0.39, 0.29) is 56.8 Å². The van der Waals surface area contributed by atoms with E-state index in [1.807, 2.05) is 6.92 Å². The molecule has 3 heteroatoms. The minimum absolute atomic E-state index is 0. The summed E-state index contributed by atoms with van der Waals surface area (Å²) in [7, 11) is 0. The van der Waals surface area contributed by atoms with Crippen molar-refractivity contribution in [1.29, 1.82) is 0 Å². The van der Waals surface area contributed by atoms with Crippen LogP contribution >= 0.6 is 0 Å². The molecule has 0 spiro atoms. The molecule has 0 unspecified atom stereocenters. The number of carbonyl (C=O) groups is 1. The van der Waals surface area contributed by atoms with Gasteiger partial charge >= 0.3 is 45.5 Å². The Kier molecular flexibility index (Phi) is 5.99. The van der Waals surface area contributed by atoms with Gasteiger partial charge in [0.1, 0.15) is 0 Å². The predicted molar refractivity (Wildman–Crippen MR) is 92.7 cm³/mol. The molecule has 0 saturated heterocycles. The van der Waals surface area contributed by atoms with E-state index < -0.39 is 11.4 Å². The molecular weight excluding hydrogens is 360 g/mol. The first-order valence-corrected chi connectivity index (χ1v) is 8.91. The third-order valence-corrected chi connectivity index (χ3v) is 7.05. The number of carboxylic acids is 1. The van der Waals surface area contributed by atoms with E-state index in [9.17, 15) is 9.90 Å². The van der Waals surface area contributed by atoms with Gasteiger partial charge in [0.15, 0.2) is 0 Å². The number of hydrogen-bond donors (Lipinski definition) is 0. The first kappa shape index (κ1) is 19.8. The molecule has 0 aromatic carbocycles. The van der Waals surface area contributed by atoms with Crippen molar-refractivity contribution < 1.29 is 9.90 Å². The fourth-order valence-electron chi connectivity index (χ4n) is 5.59. The first-order valence-electron chi connectivity index (χ1n) is 8.91. The Morgan fingerprint density at radius 2 is 2.00 bits per heavy atom. The molecule has 0 aliphatic heterocycles. The van der Waals surface area contributed by atoms with Gasteiger partial charge in [0.05, 0.1) is 0 Å². The molecule has 3 aliphatic carbocycles. The molecule has 0 heterocycles. The largest absolute Gasteiger partial charge is 2.00 e. The number of allylic oxidation sites excluding steroid dienone is 4. The summed E-state index contributed by atoms with van der Waals surface area (Å²) in [5.41, 5.74) is 2.51. The van der Waals surface area contributed by atoms with E-state index in [4.69, 9.17) is 0 Å². The van der Waals surface area contributed by atoms with Crippen LogP contribution in [0.3, 0.4) is 0 Å². The number of aliphatic carboxylic acids is 1. The molecule has 0 aromatic rings. The molecule has 0 aromatic heterocycles. The molecule has 2 nitrogen and oxygen atoms in total. The van der Waals surface area contributed by atoms with Gasteiger partial charge in [-0.15, -0.1) is 0 Å². The fraction of sp³-hybridized carbons (Fsp3) is 0.750. The summed E-state index contributed by atoms with van der Waals surface area (Å²) in [6.45, 7) is 8.83. The maximum absolute atomic E-state index is 11.8. The minimum Gasteiger partial charge on any atom is -0.550 e. The number of fused-ring (bicyclic) bond motifs is 3. The summed E-state index contributed by atoms with van der Waals surface area (Å²) < 4.78 is 0. The predicted octanol–water partition coefficient (Wildman–Crippen LogP) is 3.49. The second-order valence-electron chi connectivity index (χ2n) is 8.52. The van der Waals surface area contributed by atoms with Crippen LogP contribution in [-0.2, 0) is 4.79 Å². The van der Waals surface area contributed by atoms with Gasteiger partial charge in [0.2, 0.25) is 0 Å². The summed E-state index contributed by atoms with van der Waals surface area (Å²) in [6, 6.07) is 0. The van der Waals surface area contributed by atoms with Crippen LogP contribution in [0, 0.1) is 28.6 Å². The molecule has 23 heavy (non-hydrogen) atoms. The van der Waals surface area contributed by atoms with Crippen LogP contribution in [0.2, 0.25) is 0 Å². The fourth-order valence-corrected chi connectivity index (χ4v) is 5.59. The van der Waals surface area contributed by atoms with Gasteiger partial charge in [-0.1, -0.05) is 51.8 Å². The molecule has 0 radical (unpaired) electrons. The standard InChI is InChI=1S/C20H30O2.Sr/c1-13(2)14-6-8-16-15(12-14)7-9-17-19(16,3)10-5-11-20(17,4)18(21)22;/h7,12-13,16-17H,5-6,8-11H2,1-4H3,(H,21,22);/q;+2/p-1/t16-,17+,19+,20+;/m0./s1. The average Bonchev–Trinajstić information content (AvgIpc) is 2.46. The Morgan fingerprint density at radius 3 is 2.61 bits per heavy atom. The zero-order valence-electron chi connectivity index (χ0n) is 15.2. The smallest absolute Gasteiger partial charge is 0.550 e. The van der Waals surface area contributed by atoms with E-state index in [2.05, 4.69) is 32.9 Å². The van der Waals surface area contributed by atoms with Gasteiger partial charge in [-0.05, 0) is 60.8 Å². The average molecular weight is 389 g/mol. The Hall–Kier alpha value is 0.431. The van der Waals surface area contributed by atoms with Crippen LogP contribution in [0.4, 0.5) is 0 Å². The Morgan fingerprint density at radius 1 is 1.30 bits per heavy atom. The molecule has 0 amide bonds. The van der Waals surface area contributed by atoms with Crippen LogP contribution in [0.5, 0.6) is 0 Å². The molecule has 4 atom stereocenters. The maximum Gasteiger partial charge on any atom is 2.00 e. The maximum atomic E-state index is 11.8. The molecule has 3 rings (SSSR count). The van der Waals surface area contributed by atoms with E-state index >= 15 is 0 Å². The van der Waals surface area contributed by atoms with Gasteiger partial charge < -0.3 is 9.90 Å². The second-order valence-corrected chi connectivity index (χ2v) is 8.52. The zero-order chi connectivity index (χ0) is 16.1. The normalized spacial score (nSPS) is 39.5. The Labute approximate surface area is 178 Å². The van der Waals surface area contributed by atoms with E-state index in [0.29, 0.717) is 11.8 Å². The Balaban J connectivity index is 0.00000192. The van der Waals surface area contributed by atoms with Crippen LogP contribution < -0.4 is 5.11 Å². The number of carboxylic acid groups (broad SMARTS) is 1. The van der Waals surface area contributed by atoms with Crippen molar-refractivity contribution in [3.63, 3.8) is 0 Å². The molecule has 122 valence electrons. The summed E-state index contributed by atoms with van der Waals surface area (Å²) >= 11 is 0. The third-order valence-electron chi connectivity index (χ3n) is 7.05.